The topological polar surface area (TPSA) is 46.9 Å². The Bertz CT molecular complexity index is 441. The molecular formula is C18H28N2O2. The summed E-state index contributed by atoms with van der Waals surface area (Å²) in [6.07, 6.45) is 2.24. The molecule has 0 radical (unpaired) electrons. The van der Waals surface area contributed by atoms with Gasteiger partial charge in [0.1, 0.15) is 0 Å². The lowest BCUT2D eigenvalue weighted by Gasteiger charge is -2.18. The molecular weight excluding hydrogens is 276 g/mol. The summed E-state index contributed by atoms with van der Waals surface area (Å²) in [5.74, 6) is 0.923. The van der Waals surface area contributed by atoms with E-state index in [0.717, 1.165) is 52.1 Å². The SMILES string of the molecule is OCC1CCN(Cc2cccc(CN3CCC(CO)C3)c2)C1. The number of benzene rings is 1. The van der Waals surface area contributed by atoms with Gasteiger partial charge in [0.2, 0.25) is 0 Å². The Kier molecular flexibility index (Phi) is 5.47. The van der Waals surface area contributed by atoms with E-state index in [-0.39, 0.29) is 0 Å². The molecule has 0 spiro atoms. The average Bonchev–Trinajstić information content (AvgIpc) is 3.16. The average molecular weight is 304 g/mol. The monoisotopic (exact) mass is 304 g/mol. The molecule has 1 aromatic rings. The van der Waals surface area contributed by atoms with Crippen molar-refractivity contribution >= 4 is 0 Å². The van der Waals surface area contributed by atoms with Crippen LogP contribution in [0.5, 0.6) is 0 Å². The molecule has 2 fully saturated rings. The molecule has 2 atom stereocenters. The van der Waals surface area contributed by atoms with Gasteiger partial charge in [0.25, 0.3) is 0 Å². The lowest BCUT2D eigenvalue weighted by atomic mass is 10.1. The van der Waals surface area contributed by atoms with Gasteiger partial charge in [-0.05, 0) is 48.9 Å². The molecule has 0 amide bonds. The molecule has 3 rings (SSSR count). The molecule has 0 saturated carbocycles. The predicted octanol–water partition coefficient (Wildman–Crippen LogP) is 1.31. The highest BCUT2D eigenvalue weighted by Gasteiger charge is 2.23. The number of likely N-dealkylation sites (tertiary alicyclic amines) is 2. The quantitative estimate of drug-likeness (QED) is 0.832. The third kappa shape index (κ3) is 4.07. The molecule has 4 nitrogen and oxygen atoms in total. The van der Waals surface area contributed by atoms with Gasteiger partial charge in [0.05, 0.1) is 0 Å². The highest BCUT2D eigenvalue weighted by molar-refractivity contribution is 5.23. The first-order chi connectivity index (χ1) is 10.8. The van der Waals surface area contributed by atoms with Gasteiger partial charge in [-0.3, -0.25) is 9.80 Å². The van der Waals surface area contributed by atoms with Crippen LogP contribution in [0.3, 0.4) is 0 Å². The lowest BCUT2D eigenvalue weighted by molar-refractivity contribution is 0.219. The molecule has 2 N–H and O–H groups in total. The van der Waals surface area contributed by atoms with Crippen molar-refractivity contribution in [3.8, 4) is 0 Å². The van der Waals surface area contributed by atoms with E-state index in [1.807, 2.05) is 0 Å². The fourth-order valence-corrected chi connectivity index (χ4v) is 3.75. The van der Waals surface area contributed by atoms with E-state index in [1.54, 1.807) is 0 Å². The van der Waals surface area contributed by atoms with E-state index in [9.17, 15) is 10.2 Å². The molecule has 0 aromatic heterocycles. The predicted molar refractivity (Wildman–Crippen MR) is 87.4 cm³/mol. The number of rotatable bonds is 6. The fraction of sp³-hybridized carbons (Fsp3) is 0.667. The fourth-order valence-electron chi connectivity index (χ4n) is 3.75. The van der Waals surface area contributed by atoms with Crippen LogP contribution in [-0.4, -0.2) is 59.4 Å². The van der Waals surface area contributed by atoms with Gasteiger partial charge in [-0.15, -0.1) is 0 Å². The van der Waals surface area contributed by atoms with E-state index in [0.29, 0.717) is 25.0 Å². The Morgan fingerprint density at radius 3 is 1.77 bits per heavy atom. The first-order valence-electron chi connectivity index (χ1n) is 8.51. The molecule has 4 heteroatoms. The molecule has 0 aliphatic carbocycles. The van der Waals surface area contributed by atoms with Crippen molar-refractivity contribution < 1.29 is 10.2 Å². The first kappa shape index (κ1) is 15.9. The van der Waals surface area contributed by atoms with Gasteiger partial charge >= 0.3 is 0 Å². The number of nitrogens with zero attached hydrogens (tertiary/aromatic N) is 2. The molecule has 122 valence electrons. The molecule has 1 aromatic carbocycles. The summed E-state index contributed by atoms with van der Waals surface area (Å²) in [6, 6.07) is 8.88. The number of aliphatic hydroxyl groups is 2. The van der Waals surface area contributed by atoms with E-state index in [1.165, 1.54) is 11.1 Å². The minimum absolute atomic E-state index is 0.317. The highest BCUT2D eigenvalue weighted by Crippen LogP contribution is 2.21. The summed E-state index contributed by atoms with van der Waals surface area (Å²) in [4.78, 5) is 4.88. The van der Waals surface area contributed by atoms with Gasteiger partial charge in [-0.1, -0.05) is 24.3 Å². The van der Waals surface area contributed by atoms with Crippen molar-refractivity contribution in [3.05, 3.63) is 35.4 Å². The van der Waals surface area contributed by atoms with Crippen molar-refractivity contribution in [2.24, 2.45) is 11.8 Å². The zero-order valence-corrected chi connectivity index (χ0v) is 13.3. The van der Waals surface area contributed by atoms with Crippen molar-refractivity contribution in [1.29, 1.82) is 0 Å². The Morgan fingerprint density at radius 1 is 0.864 bits per heavy atom. The van der Waals surface area contributed by atoms with Crippen LogP contribution in [0.1, 0.15) is 24.0 Å². The maximum atomic E-state index is 9.25. The van der Waals surface area contributed by atoms with Crippen molar-refractivity contribution in [3.63, 3.8) is 0 Å². The number of aliphatic hydroxyl groups excluding tert-OH is 2. The Labute approximate surface area is 133 Å². The van der Waals surface area contributed by atoms with Gasteiger partial charge in [0.15, 0.2) is 0 Å². The van der Waals surface area contributed by atoms with Crippen LogP contribution in [0.2, 0.25) is 0 Å². The van der Waals surface area contributed by atoms with Crippen LogP contribution >= 0.6 is 0 Å². The largest absolute Gasteiger partial charge is 0.396 e. The summed E-state index contributed by atoms with van der Waals surface area (Å²) in [5, 5.41) is 18.5. The summed E-state index contributed by atoms with van der Waals surface area (Å²) in [7, 11) is 0. The molecule has 2 heterocycles. The number of hydrogen-bond donors (Lipinski definition) is 2. The van der Waals surface area contributed by atoms with E-state index in [2.05, 4.69) is 34.1 Å². The standard InChI is InChI=1S/C18H28N2O2/c21-13-17-4-6-19(11-17)9-15-2-1-3-16(8-15)10-20-7-5-18(12-20)14-22/h1-3,8,17-18,21-22H,4-7,9-14H2. The van der Waals surface area contributed by atoms with Crippen molar-refractivity contribution in [1.82, 2.24) is 9.80 Å². The van der Waals surface area contributed by atoms with Gasteiger partial charge in [0, 0.05) is 39.4 Å². The zero-order chi connectivity index (χ0) is 15.4. The van der Waals surface area contributed by atoms with Crippen molar-refractivity contribution in [2.45, 2.75) is 25.9 Å². The van der Waals surface area contributed by atoms with Crippen LogP contribution in [-0.2, 0) is 13.1 Å². The van der Waals surface area contributed by atoms with Crippen LogP contribution in [0.4, 0.5) is 0 Å². The van der Waals surface area contributed by atoms with Crippen LogP contribution in [0.15, 0.2) is 24.3 Å². The van der Waals surface area contributed by atoms with Gasteiger partial charge in [-0.25, -0.2) is 0 Å². The van der Waals surface area contributed by atoms with Gasteiger partial charge in [-0.2, -0.15) is 0 Å². The molecule has 22 heavy (non-hydrogen) atoms. The Morgan fingerprint density at radius 2 is 1.36 bits per heavy atom. The normalized spacial score (nSPS) is 26.8. The second kappa shape index (κ2) is 7.55. The highest BCUT2D eigenvalue weighted by atomic mass is 16.3. The molecule has 0 bridgehead atoms. The Hall–Kier alpha value is -0.940. The van der Waals surface area contributed by atoms with Crippen LogP contribution in [0.25, 0.3) is 0 Å². The summed E-state index contributed by atoms with van der Waals surface area (Å²) in [5.41, 5.74) is 2.74. The molecule has 2 unspecified atom stereocenters. The second-order valence-corrected chi connectivity index (χ2v) is 6.96. The smallest absolute Gasteiger partial charge is 0.0471 e. The third-order valence-corrected chi connectivity index (χ3v) is 5.06. The van der Waals surface area contributed by atoms with Crippen LogP contribution < -0.4 is 0 Å². The lowest BCUT2D eigenvalue weighted by Crippen LogP contribution is -2.22. The molecule has 2 saturated heterocycles. The summed E-state index contributed by atoms with van der Waals surface area (Å²) < 4.78 is 0. The van der Waals surface area contributed by atoms with Gasteiger partial charge < -0.3 is 10.2 Å². The van der Waals surface area contributed by atoms with Crippen LogP contribution in [0, 0.1) is 11.8 Å². The summed E-state index contributed by atoms with van der Waals surface area (Å²) >= 11 is 0. The Balaban J connectivity index is 1.54. The summed E-state index contributed by atoms with van der Waals surface area (Å²) in [6.45, 7) is 6.85. The van der Waals surface area contributed by atoms with E-state index in [4.69, 9.17) is 0 Å². The maximum Gasteiger partial charge on any atom is 0.0471 e. The van der Waals surface area contributed by atoms with Crippen molar-refractivity contribution in [2.75, 3.05) is 39.4 Å². The second-order valence-electron chi connectivity index (χ2n) is 6.96. The minimum Gasteiger partial charge on any atom is -0.396 e. The van der Waals surface area contributed by atoms with E-state index < -0.39 is 0 Å². The maximum absolute atomic E-state index is 9.25. The number of hydrogen-bond acceptors (Lipinski definition) is 4. The van der Waals surface area contributed by atoms with E-state index >= 15 is 0 Å². The third-order valence-electron chi connectivity index (χ3n) is 5.06. The molecule has 2 aliphatic rings. The zero-order valence-electron chi connectivity index (χ0n) is 13.3. The first-order valence-corrected chi connectivity index (χ1v) is 8.51. The molecule has 2 aliphatic heterocycles. The minimum atomic E-state index is 0.317.